The smallest absolute Gasteiger partial charge is 0.0541 e. The lowest BCUT2D eigenvalue weighted by Gasteiger charge is -2.10. The average Bonchev–Trinajstić information content (AvgIpc) is 1.71. The molecule has 0 bridgehead atoms. The fourth-order valence-corrected chi connectivity index (χ4v) is 14.6. The molecule has 0 aliphatic rings. The van der Waals surface area contributed by atoms with Gasteiger partial charge in [-0.2, -0.15) is 0 Å². The van der Waals surface area contributed by atoms with E-state index in [2.05, 4.69) is 382 Å². The molecule has 0 fully saturated rings. The van der Waals surface area contributed by atoms with Gasteiger partial charge >= 0.3 is 0 Å². The van der Waals surface area contributed by atoms with E-state index in [9.17, 15) is 0 Å². The Morgan fingerprint density at radius 2 is 0.298 bits per heavy atom. The molecule has 19 aromatic rings. The van der Waals surface area contributed by atoms with Crippen LogP contribution in [0.15, 0.2) is 364 Å². The molecule has 0 N–H and O–H groups in total. The molecule has 19 rings (SSSR count). The van der Waals surface area contributed by atoms with Crippen molar-refractivity contribution in [1.29, 1.82) is 0 Å². The summed E-state index contributed by atoms with van der Waals surface area (Å²) in [7, 11) is 0. The first kappa shape index (κ1) is 54.4. The number of hydrogen-bond donors (Lipinski definition) is 0. The number of para-hydroxylation sites is 7. The predicted octanol–water partition coefficient (Wildman–Crippen LogP) is 24.1. The van der Waals surface area contributed by atoms with Crippen LogP contribution in [-0.2, 0) is 0 Å². The molecule has 0 saturated heterocycles. The van der Waals surface area contributed by atoms with Crippen LogP contribution in [0.4, 0.5) is 0 Å². The molecular weight excluding hydrogens is 1140 g/mol. The van der Waals surface area contributed by atoms with Gasteiger partial charge in [0.15, 0.2) is 0 Å². The molecule has 440 valence electrons. The second-order valence-electron chi connectivity index (χ2n) is 24.4. The standard InChI is InChI=1S/C48H32N2.C42H28N2/c1-3-11-33(12-4-1)34-23-27-40(28-24-34)50-46-18-10-8-16-42(46)44-32-38(26-30-48(44)50)36-21-19-35(20-22-36)37-25-29-47-43(31-37)41-15-7-9-17-45(41)49(47)39-13-5-2-6-14-39;1-3-11-33(12-4-1)43-39-17-9-7-15-35(39)37-27-31(23-25-41(37)43)29-19-21-30(22-20-29)32-24-26-42-38(28-32)36-16-8-10-18-40(36)44(42)34-13-5-2-6-14-34/h1-32H;1-28H. The third kappa shape index (κ3) is 9.30. The summed E-state index contributed by atoms with van der Waals surface area (Å²) < 4.78 is 9.48. The van der Waals surface area contributed by atoms with Gasteiger partial charge in [0, 0.05) is 65.8 Å². The van der Waals surface area contributed by atoms with Gasteiger partial charge in [-0.1, -0.05) is 243 Å². The predicted molar refractivity (Wildman–Crippen MR) is 397 cm³/mol. The molecule has 94 heavy (non-hydrogen) atoms. The Bertz CT molecular complexity index is 5860. The Morgan fingerprint density at radius 1 is 0.117 bits per heavy atom. The SMILES string of the molecule is c1ccc(-c2ccc(-n3c4ccccc4c4cc(-c5ccc(-c6ccc7c(c6)c6ccccc6n7-c6ccccc6)cc5)ccc43)cc2)cc1.c1ccc(-n2c3ccccc3c3cc(-c4ccc(-c5ccc6c(c5)c5ccccc5n6-c5ccccc5)cc4)ccc32)cc1. The fraction of sp³-hybridized carbons (Fsp3) is 0. The molecule has 0 radical (unpaired) electrons. The van der Waals surface area contributed by atoms with E-state index in [0.717, 1.165) is 5.69 Å². The summed E-state index contributed by atoms with van der Waals surface area (Å²) in [5.41, 5.74) is 26.7. The van der Waals surface area contributed by atoms with Crippen LogP contribution in [0.2, 0.25) is 0 Å². The minimum atomic E-state index is 1.16. The summed E-state index contributed by atoms with van der Waals surface area (Å²) >= 11 is 0. The van der Waals surface area contributed by atoms with Gasteiger partial charge in [0.05, 0.1) is 44.1 Å². The third-order valence-electron chi connectivity index (χ3n) is 19.1. The zero-order chi connectivity index (χ0) is 62.1. The lowest BCUT2D eigenvalue weighted by Crippen LogP contribution is -1.93. The van der Waals surface area contributed by atoms with Gasteiger partial charge in [-0.05, 0) is 177 Å². The molecule has 0 amide bonds. The van der Waals surface area contributed by atoms with E-state index in [1.165, 1.54) is 160 Å². The highest BCUT2D eigenvalue weighted by Gasteiger charge is 2.19. The van der Waals surface area contributed by atoms with Crippen LogP contribution in [0.5, 0.6) is 0 Å². The minimum Gasteiger partial charge on any atom is -0.309 e. The maximum absolute atomic E-state index is 2.39. The zero-order valence-electron chi connectivity index (χ0n) is 51.4. The summed E-state index contributed by atoms with van der Waals surface area (Å²) in [4.78, 5) is 0. The summed E-state index contributed by atoms with van der Waals surface area (Å²) in [5.74, 6) is 0. The highest BCUT2D eigenvalue weighted by Crippen LogP contribution is 2.41. The Morgan fingerprint density at radius 3 is 0.574 bits per heavy atom. The molecule has 4 nitrogen and oxygen atoms in total. The summed E-state index contributed by atoms with van der Waals surface area (Å²) in [5, 5.41) is 10.1. The quantitative estimate of drug-likeness (QED) is 0.137. The Hall–Kier alpha value is -12.5. The molecular formula is C90H60N4. The van der Waals surface area contributed by atoms with E-state index in [1.54, 1.807) is 0 Å². The maximum atomic E-state index is 2.39. The van der Waals surface area contributed by atoms with Crippen LogP contribution >= 0.6 is 0 Å². The normalized spacial score (nSPS) is 11.6. The van der Waals surface area contributed by atoms with Crippen LogP contribution in [0.25, 0.3) is 166 Å². The summed E-state index contributed by atoms with van der Waals surface area (Å²) in [6.45, 7) is 0. The molecule has 0 aliphatic heterocycles. The molecule has 0 unspecified atom stereocenters. The van der Waals surface area contributed by atoms with Gasteiger partial charge in [-0.15, -0.1) is 0 Å². The monoisotopic (exact) mass is 1200 g/mol. The highest BCUT2D eigenvalue weighted by atomic mass is 15.0. The van der Waals surface area contributed by atoms with Crippen molar-refractivity contribution in [2.24, 2.45) is 0 Å². The van der Waals surface area contributed by atoms with E-state index in [-0.39, 0.29) is 0 Å². The number of aromatic nitrogens is 4. The van der Waals surface area contributed by atoms with Gasteiger partial charge in [0.1, 0.15) is 0 Å². The van der Waals surface area contributed by atoms with Crippen LogP contribution in [-0.4, -0.2) is 18.3 Å². The second kappa shape index (κ2) is 22.8. The lowest BCUT2D eigenvalue weighted by molar-refractivity contribution is 1.18. The topological polar surface area (TPSA) is 19.7 Å². The average molecular weight is 1200 g/mol. The van der Waals surface area contributed by atoms with E-state index in [1.807, 2.05) is 0 Å². The molecule has 0 aliphatic carbocycles. The van der Waals surface area contributed by atoms with Crippen molar-refractivity contribution in [3.63, 3.8) is 0 Å². The number of nitrogens with zero attached hydrogens (tertiary/aromatic N) is 4. The number of hydrogen-bond acceptors (Lipinski definition) is 0. The van der Waals surface area contributed by atoms with Crippen molar-refractivity contribution in [2.45, 2.75) is 0 Å². The van der Waals surface area contributed by atoms with Crippen molar-refractivity contribution < 1.29 is 0 Å². The second-order valence-corrected chi connectivity index (χ2v) is 24.4. The first-order valence-electron chi connectivity index (χ1n) is 32.3. The first-order valence-corrected chi connectivity index (χ1v) is 32.3. The fourth-order valence-electron chi connectivity index (χ4n) is 14.6. The van der Waals surface area contributed by atoms with Gasteiger partial charge < -0.3 is 18.3 Å². The maximum Gasteiger partial charge on any atom is 0.0541 e. The van der Waals surface area contributed by atoms with Crippen molar-refractivity contribution in [3.8, 4) is 78.4 Å². The zero-order valence-corrected chi connectivity index (χ0v) is 51.4. The number of rotatable bonds is 9. The van der Waals surface area contributed by atoms with Gasteiger partial charge in [0.2, 0.25) is 0 Å². The van der Waals surface area contributed by atoms with Crippen molar-refractivity contribution in [2.75, 3.05) is 0 Å². The van der Waals surface area contributed by atoms with Crippen molar-refractivity contribution in [1.82, 2.24) is 18.3 Å². The van der Waals surface area contributed by atoms with Crippen LogP contribution < -0.4 is 0 Å². The van der Waals surface area contributed by atoms with E-state index in [0.29, 0.717) is 0 Å². The van der Waals surface area contributed by atoms with Gasteiger partial charge in [-0.3, -0.25) is 0 Å². The van der Waals surface area contributed by atoms with Crippen molar-refractivity contribution in [3.05, 3.63) is 364 Å². The van der Waals surface area contributed by atoms with Crippen molar-refractivity contribution >= 4 is 87.2 Å². The van der Waals surface area contributed by atoms with E-state index in [4.69, 9.17) is 0 Å². The molecule has 4 heteroatoms. The Balaban J connectivity index is 0.000000139. The summed E-state index contributed by atoms with van der Waals surface area (Å²) in [6, 6.07) is 132. The Labute approximate surface area is 544 Å². The minimum absolute atomic E-state index is 1.16. The van der Waals surface area contributed by atoms with E-state index < -0.39 is 0 Å². The van der Waals surface area contributed by atoms with Crippen LogP contribution in [0.3, 0.4) is 0 Å². The molecule has 15 aromatic carbocycles. The number of benzene rings is 15. The molecule has 0 saturated carbocycles. The molecule has 4 heterocycles. The lowest BCUT2D eigenvalue weighted by atomic mass is 9.98. The van der Waals surface area contributed by atoms with Gasteiger partial charge in [-0.25, -0.2) is 0 Å². The first-order chi connectivity index (χ1) is 46.6. The Kier molecular flexibility index (Phi) is 13.2. The number of fused-ring (bicyclic) bond motifs is 12. The third-order valence-corrected chi connectivity index (χ3v) is 19.1. The molecule has 0 atom stereocenters. The molecule has 4 aromatic heterocycles. The molecule has 0 spiro atoms. The van der Waals surface area contributed by atoms with E-state index >= 15 is 0 Å². The van der Waals surface area contributed by atoms with Crippen LogP contribution in [0, 0.1) is 0 Å². The summed E-state index contributed by atoms with van der Waals surface area (Å²) in [6.07, 6.45) is 0. The van der Waals surface area contributed by atoms with Crippen LogP contribution in [0.1, 0.15) is 0 Å². The highest BCUT2D eigenvalue weighted by molar-refractivity contribution is 6.14. The van der Waals surface area contributed by atoms with Gasteiger partial charge in [0.25, 0.3) is 0 Å². The largest absolute Gasteiger partial charge is 0.309 e.